The molecule has 0 saturated heterocycles. The van der Waals surface area contributed by atoms with Gasteiger partial charge in [0, 0.05) is 19.3 Å². The molecule has 67 heavy (non-hydrogen) atoms. The molecule has 370 valence electrons. The number of hydrogen-bond acceptors (Lipinski definition) is 6. The zero-order valence-corrected chi connectivity index (χ0v) is 42.1. The number of carbonyl (C=O) groups excluding carboxylic acids is 3. The van der Waals surface area contributed by atoms with Crippen molar-refractivity contribution < 1.29 is 28.6 Å². The Bertz CT molecular complexity index is 1620. The lowest BCUT2D eigenvalue weighted by molar-refractivity contribution is -0.167. The second-order valence-corrected chi connectivity index (χ2v) is 16.1. The van der Waals surface area contributed by atoms with Crippen LogP contribution >= 0.6 is 0 Å². The molecule has 0 radical (unpaired) electrons. The maximum absolute atomic E-state index is 12.8. The monoisotopic (exact) mass is 919 g/mol. The quantitative estimate of drug-likeness (QED) is 0.0199. The van der Waals surface area contributed by atoms with E-state index >= 15 is 0 Å². The molecule has 0 fully saturated rings. The lowest BCUT2D eigenvalue weighted by Crippen LogP contribution is -2.30. The van der Waals surface area contributed by atoms with Crippen LogP contribution in [0.4, 0.5) is 0 Å². The van der Waals surface area contributed by atoms with Crippen LogP contribution < -0.4 is 0 Å². The molecule has 6 heteroatoms. The maximum Gasteiger partial charge on any atom is 0.306 e. The number of allylic oxidation sites excluding steroid dienone is 28. The summed E-state index contributed by atoms with van der Waals surface area (Å²) in [6.45, 7) is 6.11. The van der Waals surface area contributed by atoms with Gasteiger partial charge in [-0.25, -0.2) is 0 Å². The van der Waals surface area contributed by atoms with Gasteiger partial charge in [0.15, 0.2) is 6.10 Å². The van der Waals surface area contributed by atoms with Crippen molar-refractivity contribution in [2.75, 3.05) is 13.2 Å². The van der Waals surface area contributed by atoms with E-state index in [1.165, 1.54) is 12.8 Å². The van der Waals surface area contributed by atoms with Crippen molar-refractivity contribution in [2.24, 2.45) is 0 Å². The molecule has 0 aliphatic rings. The predicted octanol–water partition coefficient (Wildman–Crippen LogP) is 17.2. The lowest BCUT2D eigenvalue weighted by Gasteiger charge is -2.18. The van der Waals surface area contributed by atoms with Gasteiger partial charge < -0.3 is 14.2 Å². The highest BCUT2D eigenvalue weighted by Crippen LogP contribution is 2.11. The summed E-state index contributed by atoms with van der Waals surface area (Å²) in [5.74, 6) is -1.11. The molecule has 1 atom stereocenters. The molecule has 0 saturated carbocycles. The molecule has 0 aliphatic heterocycles. The highest BCUT2D eigenvalue weighted by atomic mass is 16.6. The Morgan fingerprint density at radius 3 is 1.07 bits per heavy atom. The Balaban J connectivity index is 4.62. The van der Waals surface area contributed by atoms with Gasteiger partial charge in [-0.15, -0.1) is 0 Å². The zero-order chi connectivity index (χ0) is 48.6. The third-order valence-electron chi connectivity index (χ3n) is 9.83. The van der Waals surface area contributed by atoms with Crippen LogP contribution in [0.1, 0.15) is 175 Å². The summed E-state index contributed by atoms with van der Waals surface area (Å²) in [7, 11) is 0. The van der Waals surface area contributed by atoms with Crippen molar-refractivity contribution in [3.8, 4) is 0 Å². The van der Waals surface area contributed by atoms with E-state index in [2.05, 4.69) is 136 Å². The number of hydrogen-bond donors (Lipinski definition) is 0. The minimum atomic E-state index is -0.852. The Morgan fingerprint density at radius 1 is 0.313 bits per heavy atom. The molecule has 0 rings (SSSR count). The van der Waals surface area contributed by atoms with Gasteiger partial charge in [-0.2, -0.15) is 0 Å². The molecule has 0 aromatic rings. The molecule has 0 heterocycles. The van der Waals surface area contributed by atoms with Gasteiger partial charge in [-0.3, -0.25) is 14.4 Å². The summed E-state index contributed by atoms with van der Waals surface area (Å²) in [4.78, 5) is 38.0. The number of carbonyl (C=O) groups is 3. The van der Waals surface area contributed by atoms with Crippen LogP contribution in [0.2, 0.25) is 0 Å². The fourth-order valence-corrected chi connectivity index (χ4v) is 6.08. The molecule has 0 amide bonds. The molecule has 0 N–H and O–H groups in total. The normalized spacial score (nSPS) is 13.5. The first-order chi connectivity index (χ1) is 33.0. The Hall–Kier alpha value is -5.23. The van der Waals surface area contributed by atoms with Crippen LogP contribution in [0.3, 0.4) is 0 Å². The van der Waals surface area contributed by atoms with Crippen LogP contribution in [-0.2, 0) is 28.6 Å². The van der Waals surface area contributed by atoms with Gasteiger partial charge in [0.2, 0.25) is 0 Å². The zero-order valence-electron chi connectivity index (χ0n) is 42.1. The fourth-order valence-electron chi connectivity index (χ4n) is 6.08. The van der Waals surface area contributed by atoms with E-state index in [-0.39, 0.29) is 38.0 Å². The standard InChI is InChI=1S/C61H90O6/c1-4-7-10-13-16-19-22-25-27-29-30-32-33-36-39-42-45-48-51-54-60(63)66-57-58(56-65-59(62)53-50-47-44-41-38-35-24-21-18-15-12-9-6-3)67-61(64)55-52-49-46-43-40-37-34-31-28-26-23-20-17-14-11-8-5-2/h7-12,15-21,24-28,30,32,34-35,37-38,41,43-44,46,58H,4-6,13-14,22-23,29,31,33,36,39-40,42,45,47-57H2,1-3H3/b10-7-,11-8-,12-9-,18-15-,19-16-,20-17-,24-21-,27-25-,28-26-,32-30-,37-34-,38-35-,44-41-,46-43-. The van der Waals surface area contributed by atoms with Crippen LogP contribution in [0.5, 0.6) is 0 Å². The SMILES string of the molecule is CC\C=C/C=C\C=C/C=C\C=C/CCCC(=O)OCC(COC(=O)CCCCCCCC/C=C\C/C=C\C/C=C\C/C=C\CC)OC(=O)CCC/C=C\C/C=C\C/C=C\C/C=C\C/C=C\CC. The Morgan fingerprint density at radius 2 is 0.627 bits per heavy atom. The van der Waals surface area contributed by atoms with Crippen molar-refractivity contribution in [3.05, 3.63) is 170 Å². The van der Waals surface area contributed by atoms with Gasteiger partial charge >= 0.3 is 17.9 Å². The van der Waals surface area contributed by atoms with Crippen molar-refractivity contribution in [1.82, 2.24) is 0 Å². The summed E-state index contributed by atoms with van der Waals surface area (Å²) < 4.78 is 16.7. The largest absolute Gasteiger partial charge is 0.462 e. The number of ether oxygens (including phenoxy) is 3. The average molecular weight is 919 g/mol. The third kappa shape index (κ3) is 51.6. The molecule has 0 aromatic carbocycles. The first-order valence-corrected chi connectivity index (χ1v) is 25.7. The second-order valence-electron chi connectivity index (χ2n) is 16.1. The van der Waals surface area contributed by atoms with Crippen LogP contribution in [-0.4, -0.2) is 37.2 Å². The van der Waals surface area contributed by atoms with Crippen LogP contribution in [0.25, 0.3) is 0 Å². The Labute approximate surface area is 409 Å². The molecule has 0 aliphatic carbocycles. The topological polar surface area (TPSA) is 78.9 Å². The number of unbranched alkanes of at least 4 members (excludes halogenated alkanes) is 8. The van der Waals surface area contributed by atoms with E-state index < -0.39 is 12.1 Å². The Kier molecular flexibility index (Phi) is 49.2. The first-order valence-electron chi connectivity index (χ1n) is 25.7. The second kappa shape index (κ2) is 53.4. The highest BCUT2D eigenvalue weighted by molar-refractivity contribution is 5.71. The van der Waals surface area contributed by atoms with Crippen molar-refractivity contribution >= 4 is 17.9 Å². The van der Waals surface area contributed by atoms with Gasteiger partial charge in [0.25, 0.3) is 0 Å². The molecule has 1 unspecified atom stereocenters. The van der Waals surface area contributed by atoms with Gasteiger partial charge in [0.05, 0.1) is 0 Å². The van der Waals surface area contributed by atoms with E-state index in [1.807, 2.05) is 54.7 Å². The predicted molar refractivity (Wildman–Crippen MR) is 288 cm³/mol. The van der Waals surface area contributed by atoms with Crippen molar-refractivity contribution in [3.63, 3.8) is 0 Å². The van der Waals surface area contributed by atoms with E-state index in [0.717, 1.165) is 109 Å². The van der Waals surface area contributed by atoms with Gasteiger partial charge in [0.1, 0.15) is 13.2 Å². The first kappa shape index (κ1) is 61.8. The van der Waals surface area contributed by atoms with Gasteiger partial charge in [-0.1, -0.05) is 217 Å². The third-order valence-corrected chi connectivity index (χ3v) is 9.83. The maximum atomic E-state index is 12.8. The number of esters is 3. The van der Waals surface area contributed by atoms with Crippen LogP contribution in [0.15, 0.2) is 170 Å². The van der Waals surface area contributed by atoms with E-state index in [9.17, 15) is 14.4 Å². The van der Waals surface area contributed by atoms with E-state index in [0.29, 0.717) is 19.3 Å². The smallest absolute Gasteiger partial charge is 0.306 e. The molecule has 6 nitrogen and oxygen atoms in total. The minimum absolute atomic E-state index is 0.140. The summed E-state index contributed by atoms with van der Waals surface area (Å²) in [5.41, 5.74) is 0. The highest BCUT2D eigenvalue weighted by Gasteiger charge is 2.19. The summed E-state index contributed by atoms with van der Waals surface area (Å²) in [6.07, 6.45) is 79.2. The summed E-state index contributed by atoms with van der Waals surface area (Å²) in [5, 5.41) is 0. The fraction of sp³-hybridized carbons (Fsp3) is 0.492. The molecule has 0 aromatic heterocycles. The van der Waals surface area contributed by atoms with Crippen LogP contribution in [0, 0.1) is 0 Å². The van der Waals surface area contributed by atoms with Crippen molar-refractivity contribution in [1.29, 1.82) is 0 Å². The average Bonchev–Trinajstić information content (AvgIpc) is 3.33. The number of rotatable bonds is 43. The van der Waals surface area contributed by atoms with E-state index in [4.69, 9.17) is 14.2 Å². The van der Waals surface area contributed by atoms with Crippen molar-refractivity contribution in [2.45, 2.75) is 181 Å². The molecular formula is C61H90O6. The summed E-state index contributed by atoms with van der Waals surface area (Å²) >= 11 is 0. The minimum Gasteiger partial charge on any atom is -0.462 e. The summed E-state index contributed by atoms with van der Waals surface area (Å²) in [6, 6.07) is 0. The lowest BCUT2D eigenvalue weighted by atomic mass is 10.1. The molecule has 0 spiro atoms. The molecule has 0 bridgehead atoms. The molecular weight excluding hydrogens is 829 g/mol. The van der Waals surface area contributed by atoms with Gasteiger partial charge in [-0.05, 0) is 109 Å². The van der Waals surface area contributed by atoms with E-state index in [1.54, 1.807) is 0 Å².